The van der Waals surface area contributed by atoms with Gasteiger partial charge < -0.3 is 4.74 Å². The van der Waals surface area contributed by atoms with Gasteiger partial charge in [-0.3, -0.25) is 0 Å². The van der Waals surface area contributed by atoms with Gasteiger partial charge in [-0.05, 0) is 43.0 Å². The fraction of sp³-hybridized carbons (Fsp3) is 0.538. The van der Waals surface area contributed by atoms with Gasteiger partial charge >= 0.3 is 0 Å². The maximum absolute atomic E-state index is 5.54. The van der Waals surface area contributed by atoms with E-state index in [4.69, 9.17) is 4.74 Å². The van der Waals surface area contributed by atoms with E-state index < -0.39 is 0 Å². The summed E-state index contributed by atoms with van der Waals surface area (Å²) in [6, 6.07) is 6.58. The average Bonchev–Trinajstić information content (AvgIpc) is 2.18. The molecule has 0 saturated heterocycles. The maximum atomic E-state index is 5.54. The summed E-state index contributed by atoms with van der Waals surface area (Å²) in [7, 11) is 0. The zero-order valence-electron chi connectivity index (χ0n) is 9.47. The van der Waals surface area contributed by atoms with Gasteiger partial charge in [0.2, 0.25) is 0 Å². The summed E-state index contributed by atoms with van der Waals surface area (Å²) in [5.41, 5.74) is 2.77. The molecule has 1 rings (SSSR count). The third kappa shape index (κ3) is 3.06. The smallest absolute Gasteiger partial charge is 0.119 e. The van der Waals surface area contributed by atoms with E-state index in [2.05, 4.69) is 32.0 Å². The van der Waals surface area contributed by atoms with Crippen molar-refractivity contribution in [1.29, 1.82) is 0 Å². The molecule has 0 fully saturated rings. The first-order valence-corrected chi connectivity index (χ1v) is 5.55. The van der Waals surface area contributed by atoms with Crippen molar-refractivity contribution in [2.45, 2.75) is 40.0 Å². The fourth-order valence-corrected chi connectivity index (χ4v) is 1.62. The monoisotopic (exact) mass is 192 g/mol. The quantitative estimate of drug-likeness (QED) is 0.692. The number of aryl methyl sites for hydroxylation is 2. The summed E-state index contributed by atoms with van der Waals surface area (Å²) < 4.78 is 5.54. The lowest BCUT2D eigenvalue weighted by molar-refractivity contribution is 0.339. The van der Waals surface area contributed by atoms with Crippen molar-refractivity contribution < 1.29 is 4.74 Å². The molecule has 0 heterocycles. The summed E-state index contributed by atoms with van der Waals surface area (Å²) in [6.07, 6.45) is 3.42. The van der Waals surface area contributed by atoms with Gasteiger partial charge in [0.15, 0.2) is 0 Å². The molecule has 0 aliphatic rings. The van der Waals surface area contributed by atoms with Crippen LogP contribution < -0.4 is 4.74 Å². The van der Waals surface area contributed by atoms with Crippen LogP contribution in [0.25, 0.3) is 0 Å². The largest absolute Gasteiger partial charge is 0.494 e. The van der Waals surface area contributed by atoms with Gasteiger partial charge in [-0.1, -0.05) is 26.3 Å². The Bertz CT molecular complexity index is 254. The predicted molar refractivity (Wildman–Crippen MR) is 61.0 cm³/mol. The molecule has 0 aromatic heterocycles. The average molecular weight is 192 g/mol. The topological polar surface area (TPSA) is 9.23 Å². The van der Waals surface area contributed by atoms with Crippen molar-refractivity contribution in [1.82, 2.24) is 0 Å². The summed E-state index contributed by atoms with van der Waals surface area (Å²) in [6.45, 7) is 7.16. The maximum Gasteiger partial charge on any atom is 0.119 e. The Morgan fingerprint density at radius 3 is 2.29 bits per heavy atom. The standard InChI is InChI=1S/C13H20O/c1-4-7-12-8-11(5-2)9-13(10-12)14-6-3/h8-10H,4-7H2,1-3H3. The van der Waals surface area contributed by atoms with Crippen molar-refractivity contribution in [2.24, 2.45) is 0 Å². The zero-order chi connectivity index (χ0) is 10.4. The van der Waals surface area contributed by atoms with E-state index >= 15 is 0 Å². The van der Waals surface area contributed by atoms with E-state index in [0.717, 1.165) is 25.2 Å². The first-order valence-electron chi connectivity index (χ1n) is 5.55. The van der Waals surface area contributed by atoms with Gasteiger partial charge in [0.05, 0.1) is 6.61 Å². The highest BCUT2D eigenvalue weighted by Crippen LogP contribution is 2.18. The highest BCUT2D eigenvalue weighted by atomic mass is 16.5. The van der Waals surface area contributed by atoms with Crippen molar-refractivity contribution >= 4 is 0 Å². The Morgan fingerprint density at radius 1 is 1.00 bits per heavy atom. The Kier molecular flexibility index (Phi) is 4.51. The van der Waals surface area contributed by atoms with E-state index in [-0.39, 0.29) is 0 Å². The first kappa shape index (κ1) is 11.1. The van der Waals surface area contributed by atoms with Crippen molar-refractivity contribution in [3.63, 3.8) is 0 Å². The predicted octanol–water partition coefficient (Wildman–Crippen LogP) is 3.60. The van der Waals surface area contributed by atoms with Crippen LogP contribution in [0, 0.1) is 0 Å². The third-order valence-electron chi connectivity index (χ3n) is 2.28. The molecule has 1 nitrogen and oxygen atoms in total. The van der Waals surface area contributed by atoms with Crippen LogP contribution in [-0.4, -0.2) is 6.61 Å². The van der Waals surface area contributed by atoms with Crippen LogP contribution >= 0.6 is 0 Å². The third-order valence-corrected chi connectivity index (χ3v) is 2.28. The second-order valence-electron chi connectivity index (χ2n) is 3.52. The van der Waals surface area contributed by atoms with Crippen LogP contribution in [0.15, 0.2) is 18.2 Å². The van der Waals surface area contributed by atoms with Gasteiger partial charge in [-0.25, -0.2) is 0 Å². The number of hydrogen-bond donors (Lipinski definition) is 0. The number of benzene rings is 1. The molecule has 0 radical (unpaired) electrons. The van der Waals surface area contributed by atoms with Gasteiger partial charge in [-0.15, -0.1) is 0 Å². The molecule has 0 atom stereocenters. The highest BCUT2D eigenvalue weighted by Gasteiger charge is 1.99. The van der Waals surface area contributed by atoms with Crippen LogP contribution in [0.1, 0.15) is 38.3 Å². The molecule has 0 bridgehead atoms. The van der Waals surface area contributed by atoms with Gasteiger partial charge in [0.25, 0.3) is 0 Å². The molecule has 1 aromatic carbocycles. The SMILES string of the molecule is CCCc1cc(CC)cc(OCC)c1. The van der Waals surface area contributed by atoms with Crippen LogP contribution in [0.3, 0.4) is 0 Å². The minimum atomic E-state index is 0.749. The Labute approximate surface area is 87.1 Å². The summed E-state index contributed by atoms with van der Waals surface area (Å²) in [5, 5.41) is 0. The summed E-state index contributed by atoms with van der Waals surface area (Å²) >= 11 is 0. The molecule has 1 aromatic rings. The van der Waals surface area contributed by atoms with Crippen molar-refractivity contribution in [3.8, 4) is 5.75 Å². The van der Waals surface area contributed by atoms with E-state index in [9.17, 15) is 0 Å². The molecule has 0 spiro atoms. The lowest BCUT2D eigenvalue weighted by Gasteiger charge is -2.08. The lowest BCUT2D eigenvalue weighted by Crippen LogP contribution is -1.95. The first-order chi connectivity index (χ1) is 6.80. The van der Waals surface area contributed by atoms with Crippen LogP contribution in [0.5, 0.6) is 5.75 Å². The van der Waals surface area contributed by atoms with Gasteiger partial charge in [0, 0.05) is 0 Å². The van der Waals surface area contributed by atoms with Crippen molar-refractivity contribution in [3.05, 3.63) is 29.3 Å². The molecular formula is C13H20O. The molecule has 78 valence electrons. The molecule has 0 aliphatic carbocycles. The molecule has 0 aliphatic heterocycles. The van der Waals surface area contributed by atoms with E-state index in [0.29, 0.717) is 0 Å². The molecule has 1 heteroatoms. The zero-order valence-corrected chi connectivity index (χ0v) is 9.47. The molecule has 0 saturated carbocycles. The van der Waals surface area contributed by atoms with Gasteiger partial charge in [-0.2, -0.15) is 0 Å². The van der Waals surface area contributed by atoms with E-state index in [1.807, 2.05) is 6.92 Å². The normalized spacial score (nSPS) is 10.2. The second kappa shape index (κ2) is 5.69. The highest BCUT2D eigenvalue weighted by molar-refractivity contribution is 5.34. The molecule has 0 amide bonds. The van der Waals surface area contributed by atoms with Crippen molar-refractivity contribution in [2.75, 3.05) is 6.61 Å². The summed E-state index contributed by atoms with van der Waals surface area (Å²) in [4.78, 5) is 0. The fourth-order valence-electron chi connectivity index (χ4n) is 1.62. The molecule has 14 heavy (non-hydrogen) atoms. The van der Waals surface area contributed by atoms with Crippen LogP contribution in [0.4, 0.5) is 0 Å². The van der Waals surface area contributed by atoms with E-state index in [1.165, 1.54) is 17.5 Å². The molecule has 0 N–H and O–H groups in total. The number of rotatable bonds is 5. The molecule has 0 unspecified atom stereocenters. The minimum Gasteiger partial charge on any atom is -0.494 e. The minimum absolute atomic E-state index is 0.749. The van der Waals surface area contributed by atoms with E-state index in [1.54, 1.807) is 0 Å². The summed E-state index contributed by atoms with van der Waals surface area (Å²) in [5.74, 6) is 1.02. The second-order valence-corrected chi connectivity index (χ2v) is 3.52. The Hall–Kier alpha value is -0.980. The van der Waals surface area contributed by atoms with Crippen LogP contribution in [-0.2, 0) is 12.8 Å². The molecular weight excluding hydrogens is 172 g/mol. The van der Waals surface area contributed by atoms with Gasteiger partial charge in [0.1, 0.15) is 5.75 Å². The van der Waals surface area contributed by atoms with Crippen LogP contribution in [0.2, 0.25) is 0 Å². The Balaban J connectivity index is 2.88. The Morgan fingerprint density at radius 2 is 1.71 bits per heavy atom. The lowest BCUT2D eigenvalue weighted by atomic mass is 10.0. The number of hydrogen-bond acceptors (Lipinski definition) is 1. The number of ether oxygens (including phenoxy) is 1.